The minimum atomic E-state index is -0.639. The number of hydrogen-bond donors (Lipinski definition) is 2. The van der Waals surface area contributed by atoms with Gasteiger partial charge in [0.1, 0.15) is 12.4 Å². The lowest BCUT2D eigenvalue weighted by molar-refractivity contribution is 0.0167. The van der Waals surface area contributed by atoms with Gasteiger partial charge < -0.3 is 14.6 Å². The van der Waals surface area contributed by atoms with E-state index in [4.69, 9.17) is 9.47 Å². The second-order valence-electron chi connectivity index (χ2n) is 7.61. The van der Waals surface area contributed by atoms with Crippen LogP contribution in [0.15, 0.2) is 77.7 Å². The average molecular weight is 477 g/mol. The molecule has 0 amide bonds. The minimum absolute atomic E-state index is 0.0962. The molecular formula is C26H24N2O5S. The highest BCUT2D eigenvalue weighted by Gasteiger charge is 2.20. The highest BCUT2D eigenvalue weighted by Crippen LogP contribution is 2.24. The first-order chi connectivity index (χ1) is 16.5. The van der Waals surface area contributed by atoms with Crippen LogP contribution in [0.4, 0.5) is 0 Å². The van der Waals surface area contributed by atoms with E-state index in [2.05, 4.69) is 9.97 Å². The molecule has 0 aliphatic heterocycles. The first-order valence-electron chi connectivity index (χ1n) is 10.9. The van der Waals surface area contributed by atoms with Crippen molar-refractivity contribution in [1.82, 2.24) is 9.97 Å². The summed E-state index contributed by atoms with van der Waals surface area (Å²) in [4.78, 5) is 31.1. The molecule has 1 atom stereocenters. The molecule has 2 aromatic carbocycles. The second-order valence-corrected chi connectivity index (χ2v) is 8.68. The number of esters is 1. The molecule has 0 fully saturated rings. The first kappa shape index (κ1) is 23.3. The zero-order chi connectivity index (χ0) is 23.9. The number of aromatic amines is 1. The van der Waals surface area contributed by atoms with Crippen molar-refractivity contribution in [3.63, 3.8) is 0 Å². The number of carbonyl (C=O) groups is 1. The van der Waals surface area contributed by atoms with Gasteiger partial charge in [-0.3, -0.25) is 14.8 Å². The molecule has 4 aromatic rings. The Morgan fingerprint density at radius 1 is 1.09 bits per heavy atom. The van der Waals surface area contributed by atoms with E-state index in [1.54, 1.807) is 42.6 Å². The standard InChI is InChI=1S/C26H24N2O5S/c1-2-20-11-10-19(15-27-20)22(33-25(30)18-6-4-3-5-7-18)16-32-21-12-8-17(9-13-21)14-23-24(29)28-26(31)34-23/h3-13,15,22,29H,2,14,16H2,1H3,(H,28,31). The topological polar surface area (TPSA) is 102 Å². The Morgan fingerprint density at radius 3 is 2.47 bits per heavy atom. The van der Waals surface area contributed by atoms with Gasteiger partial charge in [-0.2, -0.15) is 0 Å². The number of aromatic hydroxyl groups is 1. The lowest BCUT2D eigenvalue weighted by Crippen LogP contribution is -2.18. The molecule has 2 heterocycles. The van der Waals surface area contributed by atoms with Crippen LogP contribution in [0.25, 0.3) is 0 Å². The molecule has 4 rings (SSSR count). The third-order valence-electron chi connectivity index (χ3n) is 5.23. The molecule has 7 nitrogen and oxygen atoms in total. The van der Waals surface area contributed by atoms with Gasteiger partial charge in [0.05, 0.1) is 10.4 Å². The number of H-pyrrole nitrogens is 1. The third kappa shape index (κ3) is 5.90. The lowest BCUT2D eigenvalue weighted by atomic mass is 10.1. The van der Waals surface area contributed by atoms with Crippen molar-refractivity contribution in [2.45, 2.75) is 25.9 Å². The van der Waals surface area contributed by atoms with E-state index in [0.717, 1.165) is 34.6 Å². The molecule has 34 heavy (non-hydrogen) atoms. The van der Waals surface area contributed by atoms with Gasteiger partial charge in [-0.25, -0.2) is 4.79 Å². The molecule has 174 valence electrons. The van der Waals surface area contributed by atoms with Gasteiger partial charge >= 0.3 is 10.8 Å². The quantitative estimate of drug-likeness (QED) is 0.341. The van der Waals surface area contributed by atoms with Crippen LogP contribution >= 0.6 is 11.3 Å². The van der Waals surface area contributed by atoms with E-state index >= 15 is 0 Å². The summed E-state index contributed by atoms with van der Waals surface area (Å²) < 4.78 is 11.7. The lowest BCUT2D eigenvalue weighted by Gasteiger charge is -2.19. The normalized spacial score (nSPS) is 11.7. The van der Waals surface area contributed by atoms with Gasteiger partial charge in [-0.1, -0.05) is 54.7 Å². The number of ether oxygens (including phenoxy) is 2. The van der Waals surface area contributed by atoms with Gasteiger partial charge in [0.15, 0.2) is 6.10 Å². The summed E-state index contributed by atoms with van der Waals surface area (Å²) in [7, 11) is 0. The molecule has 0 saturated heterocycles. The molecule has 0 radical (unpaired) electrons. The summed E-state index contributed by atoms with van der Waals surface area (Å²) in [6.07, 6.45) is 2.32. The summed E-state index contributed by atoms with van der Waals surface area (Å²) in [5, 5.41) is 9.77. The Morgan fingerprint density at radius 2 is 1.85 bits per heavy atom. The monoisotopic (exact) mass is 476 g/mol. The van der Waals surface area contributed by atoms with E-state index in [-0.39, 0.29) is 17.4 Å². The van der Waals surface area contributed by atoms with Crippen molar-refractivity contribution < 1.29 is 19.4 Å². The molecular weight excluding hydrogens is 452 g/mol. The van der Waals surface area contributed by atoms with Crippen molar-refractivity contribution in [3.8, 4) is 11.6 Å². The maximum absolute atomic E-state index is 12.7. The maximum Gasteiger partial charge on any atom is 0.338 e. The maximum atomic E-state index is 12.7. The van der Waals surface area contributed by atoms with E-state index < -0.39 is 12.1 Å². The summed E-state index contributed by atoms with van der Waals surface area (Å²) >= 11 is 0.985. The van der Waals surface area contributed by atoms with Crippen molar-refractivity contribution in [1.29, 1.82) is 0 Å². The van der Waals surface area contributed by atoms with E-state index in [0.29, 0.717) is 22.6 Å². The van der Waals surface area contributed by atoms with Crippen LogP contribution in [0, 0.1) is 0 Å². The van der Waals surface area contributed by atoms with Crippen LogP contribution in [0.1, 0.15) is 45.1 Å². The highest BCUT2D eigenvalue weighted by molar-refractivity contribution is 7.09. The number of benzene rings is 2. The number of pyridine rings is 1. The second kappa shape index (κ2) is 10.8. The van der Waals surface area contributed by atoms with Gasteiger partial charge in [0.25, 0.3) is 0 Å². The fourth-order valence-electron chi connectivity index (χ4n) is 3.34. The molecule has 1 unspecified atom stereocenters. The van der Waals surface area contributed by atoms with Crippen molar-refractivity contribution in [2.75, 3.05) is 6.61 Å². The van der Waals surface area contributed by atoms with E-state index in [9.17, 15) is 14.7 Å². The Hall–Kier alpha value is -3.91. The summed E-state index contributed by atoms with van der Waals surface area (Å²) in [5.74, 6) is 0.0737. The Kier molecular flexibility index (Phi) is 7.39. The number of aromatic nitrogens is 2. The Bertz CT molecular complexity index is 1280. The van der Waals surface area contributed by atoms with Crippen molar-refractivity contribution in [2.24, 2.45) is 0 Å². The first-order valence-corrected chi connectivity index (χ1v) is 11.7. The van der Waals surface area contributed by atoms with Gasteiger partial charge in [-0.05, 0) is 42.3 Å². The zero-order valence-corrected chi connectivity index (χ0v) is 19.4. The number of nitrogens with zero attached hydrogens (tertiary/aromatic N) is 1. The van der Waals surface area contributed by atoms with Crippen LogP contribution in [0.5, 0.6) is 11.6 Å². The predicted octanol–water partition coefficient (Wildman–Crippen LogP) is 4.67. The molecule has 0 aliphatic rings. The number of rotatable bonds is 9. The molecule has 0 spiro atoms. The van der Waals surface area contributed by atoms with Crippen LogP contribution in [-0.2, 0) is 17.6 Å². The van der Waals surface area contributed by atoms with Crippen LogP contribution in [0.2, 0.25) is 0 Å². The number of nitrogens with one attached hydrogen (secondary N) is 1. The largest absolute Gasteiger partial charge is 0.494 e. The van der Waals surface area contributed by atoms with Crippen molar-refractivity contribution >= 4 is 17.3 Å². The highest BCUT2D eigenvalue weighted by atomic mass is 32.1. The number of hydrogen-bond acceptors (Lipinski definition) is 7. The molecule has 0 saturated carbocycles. The molecule has 2 N–H and O–H groups in total. The molecule has 2 aromatic heterocycles. The molecule has 8 heteroatoms. The smallest absolute Gasteiger partial charge is 0.338 e. The summed E-state index contributed by atoms with van der Waals surface area (Å²) in [6, 6.07) is 20.0. The zero-order valence-electron chi connectivity index (χ0n) is 18.6. The van der Waals surface area contributed by atoms with Gasteiger partial charge in [0.2, 0.25) is 5.88 Å². The average Bonchev–Trinajstić information content (AvgIpc) is 3.19. The molecule has 0 bridgehead atoms. The number of aryl methyl sites for hydroxylation is 1. The van der Waals surface area contributed by atoms with Gasteiger partial charge in [0, 0.05) is 23.9 Å². The Labute approximate surface area is 200 Å². The predicted molar refractivity (Wildman–Crippen MR) is 130 cm³/mol. The minimum Gasteiger partial charge on any atom is -0.494 e. The van der Waals surface area contributed by atoms with Crippen molar-refractivity contribution in [3.05, 3.63) is 110 Å². The van der Waals surface area contributed by atoms with E-state index in [1.807, 2.05) is 37.3 Å². The van der Waals surface area contributed by atoms with E-state index in [1.165, 1.54) is 0 Å². The van der Waals surface area contributed by atoms with Crippen LogP contribution < -0.4 is 9.61 Å². The third-order valence-corrected chi connectivity index (χ3v) is 6.10. The molecule has 0 aliphatic carbocycles. The van der Waals surface area contributed by atoms with Gasteiger partial charge in [-0.15, -0.1) is 0 Å². The SMILES string of the molecule is CCc1ccc(C(COc2ccc(Cc3sc(=O)[nH]c3O)cc2)OC(=O)c2ccccc2)cn1. The number of carbonyl (C=O) groups excluding carboxylic acids is 1. The fourth-order valence-corrected chi connectivity index (χ4v) is 4.10. The summed E-state index contributed by atoms with van der Waals surface area (Å²) in [5.41, 5.74) is 3.08. The number of thiazole rings is 1. The summed E-state index contributed by atoms with van der Waals surface area (Å²) in [6.45, 7) is 2.14. The van der Waals surface area contributed by atoms with Crippen LogP contribution in [0.3, 0.4) is 0 Å². The fraction of sp³-hybridized carbons (Fsp3) is 0.192. The van der Waals surface area contributed by atoms with Crippen LogP contribution in [-0.4, -0.2) is 27.7 Å². The Balaban J connectivity index is 1.45.